The van der Waals surface area contributed by atoms with Crippen molar-refractivity contribution in [1.82, 2.24) is 24.6 Å². The Balaban J connectivity index is 1.21. The highest BCUT2D eigenvalue weighted by molar-refractivity contribution is 7.22. The summed E-state index contributed by atoms with van der Waals surface area (Å²) in [6.07, 6.45) is 0.733. The van der Waals surface area contributed by atoms with Gasteiger partial charge in [0.2, 0.25) is 0 Å². The van der Waals surface area contributed by atoms with E-state index in [9.17, 15) is 25.2 Å². The van der Waals surface area contributed by atoms with E-state index in [2.05, 4.69) is 23.1 Å². The number of hydrogen-bond acceptors (Lipinski definition) is 10. The number of likely N-dealkylation sites (tertiary alicyclic amines) is 2. The van der Waals surface area contributed by atoms with Crippen LogP contribution in [0.4, 0.5) is 0 Å². The summed E-state index contributed by atoms with van der Waals surface area (Å²) in [5.74, 6) is -3.46. The lowest BCUT2D eigenvalue weighted by atomic mass is 9.89. The van der Waals surface area contributed by atoms with Gasteiger partial charge in [0.15, 0.2) is 6.10 Å². The zero-order valence-corrected chi connectivity index (χ0v) is 31.9. The molecule has 0 amide bonds. The Bertz CT molecular complexity index is 2120. The maximum Gasteiger partial charge on any atom is 0.337 e. The predicted molar refractivity (Wildman–Crippen MR) is 203 cm³/mol. The van der Waals surface area contributed by atoms with Gasteiger partial charge in [-0.05, 0) is 108 Å². The largest absolute Gasteiger partial charge is 0.479 e. The number of nitrogens with zero attached hydrogens (tertiary/aromatic N) is 5. The van der Waals surface area contributed by atoms with Crippen LogP contribution in [0.3, 0.4) is 0 Å². The summed E-state index contributed by atoms with van der Waals surface area (Å²) in [5.41, 5.74) is 6.22. The Labute approximate surface area is 312 Å². The number of thiazole rings is 1. The number of aryl methyl sites for hydroxylation is 2. The predicted octanol–water partition coefficient (Wildman–Crippen LogP) is 6.30. The van der Waals surface area contributed by atoms with Crippen molar-refractivity contribution in [1.29, 1.82) is 0 Å². The molecule has 4 heterocycles. The van der Waals surface area contributed by atoms with Gasteiger partial charge in [-0.1, -0.05) is 23.7 Å². The molecular weight excluding hydrogens is 702 g/mol. The molecule has 2 atom stereocenters. The van der Waals surface area contributed by atoms with Gasteiger partial charge in [-0.2, -0.15) is 5.10 Å². The van der Waals surface area contributed by atoms with Gasteiger partial charge in [-0.3, -0.25) is 14.5 Å². The third-order valence-electron chi connectivity index (χ3n) is 10.6. The molecule has 1 unspecified atom stereocenters. The van der Waals surface area contributed by atoms with Crippen LogP contribution in [0.5, 0.6) is 0 Å². The number of aliphatic carboxylic acids is 1. The molecule has 52 heavy (non-hydrogen) atoms. The Morgan fingerprint density at radius 3 is 2.29 bits per heavy atom. The number of ether oxygens (including phenoxy) is 1. The van der Waals surface area contributed by atoms with Crippen molar-refractivity contribution in [2.24, 2.45) is 7.05 Å². The van der Waals surface area contributed by atoms with Gasteiger partial charge in [0.05, 0.1) is 33.1 Å². The maximum atomic E-state index is 12.8. The SMILES string of the molecule is Cc1cc2nc(-c3ccc4c(c3)c(C3CCN(C5CN(C(C)C(O)(O)O)C5)CC3)nn4C)sc2c(-c2ccc(Cl)cc2)c1[C@H](OC(C)(C)C)C(=O)O. The van der Waals surface area contributed by atoms with Crippen molar-refractivity contribution >= 4 is 50.0 Å². The number of piperidine rings is 1. The first-order chi connectivity index (χ1) is 24.5. The monoisotopic (exact) mass is 747 g/mol. The van der Waals surface area contributed by atoms with Crippen LogP contribution >= 0.6 is 22.9 Å². The van der Waals surface area contributed by atoms with Gasteiger partial charge in [-0.15, -0.1) is 11.3 Å². The number of carbonyl (C=O) groups is 1. The topological polar surface area (TPSA) is 144 Å². The van der Waals surface area contributed by atoms with Crippen LogP contribution in [-0.4, -0.2) is 101 Å². The number of carboxylic acid groups (broad SMARTS) is 1. The Morgan fingerprint density at radius 1 is 1.02 bits per heavy atom. The number of rotatable bonds is 9. The minimum Gasteiger partial charge on any atom is -0.479 e. The number of fused-ring (bicyclic) bond motifs is 2. The van der Waals surface area contributed by atoms with Crippen molar-refractivity contribution < 1.29 is 30.0 Å². The van der Waals surface area contributed by atoms with Gasteiger partial charge < -0.3 is 25.2 Å². The average molecular weight is 748 g/mol. The van der Waals surface area contributed by atoms with Crippen LogP contribution in [0.1, 0.15) is 69.4 Å². The van der Waals surface area contributed by atoms with Crippen molar-refractivity contribution in [2.75, 3.05) is 26.2 Å². The van der Waals surface area contributed by atoms with Gasteiger partial charge >= 0.3 is 5.97 Å². The van der Waals surface area contributed by atoms with E-state index in [0.29, 0.717) is 29.7 Å². The molecule has 0 radical (unpaired) electrons. The third kappa shape index (κ3) is 7.11. The highest BCUT2D eigenvalue weighted by Gasteiger charge is 2.43. The van der Waals surface area contributed by atoms with Crippen LogP contribution < -0.4 is 0 Å². The Kier molecular flexibility index (Phi) is 9.75. The van der Waals surface area contributed by atoms with E-state index in [1.54, 1.807) is 18.3 Å². The second-order valence-electron chi connectivity index (χ2n) is 15.3. The normalized spacial score (nSPS) is 18.3. The summed E-state index contributed by atoms with van der Waals surface area (Å²) in [6, 6.07) is 15.4. The van der Waals surface area contributed by atoms with Crippen LogP contribution in [0.15, 0.2) is 48.5 Å². The molecule has 0 bridgehead atoms. The molecule has 276 valence electrons. The Hall–Kier alpha value is -3.46. The molecule has 11 nitrogen and oxygen atoms in total. The second-order valence-corrected chi connectivity index (χ2v) is 16.8. The van der Waals surface area contributed by atoms with E-state index in [1.165, 1.54) is 0 Å². The number of hydrogen-bond donors (Lipinski definition) is 4. The third-order valence-corrected chi connectivity index (χ3v) is 12.0. The van der Waals surface area contributed by atoms with E-state index >= 15 is 0 Å². The Morgan fingerprint density at radius 2 is 1.67 bits per heavy atom. The van der Waals surface area contributed by atoms with Crippen LogP contribution in [0.2, 0.25) is 5.02 Å². The van der Waals surface area contributed by atoms with Crippen LogP contribution in [-0.2, 0) is 16.6 Å². The summed E-state index contributed by atoms with van der Waals surface area (Å²) < 4.78 is 9.02. The average Bonchev–Trinajstić information content (AvgIpc) is 3.62. The zero-order chi connectivity index (χ0) is 37.3. The molecule has 2 fully saturated rings. The van der Waals surface area contributed by atoms with Gasteiger partial charge in [0, 0.05) is 59.2 Å². The highest BCUT2D eigenvalue weighted by atomic mass is 35.5. The van der Waals surface area contributed by atoms with E-state index in [0.717, 1.165) is 80.0 Å². The smallest absolute Gasteiger partial charge is 0.337 e. The fraction of sp³-hybridized carbons (Fsp3) is 0.462. The first-order valence-electron chi connectivity index (χ1n) is 17.7. The first kappa shape index (κ1) is 36.9. The van der Waals surface area contributed by atoms with E-state index in [4.69, 9.17) is 26.4 Å². The fourth-order valence-corrected chi connectivity index (χ4v) is 8.95. The van der Waals surface area contributed by atoms with E-state index in [-0.39, 0.29) is 5.92 Å². The van der Waals surface area contributed by atoms with Gasteiger partial charge in [0.1, 0.15) is 5.01 Å². The molecule has 7 rings (SSSR count). The number of aliphatic hydroxyl groups is 3. The molecule has 2 aliphatic heterocycles. The van der Waals surface area contributed by atoms with E-state index < -0.39 is 29.7 Å². The molecule has 0 spiro atoms. The summed E-state index contributed by atoms with van der Waals surface area (Å²) in [4.78, 5) is 22.2. The summed E-state index contributed by atoms with van der Waals surface area (Å²) in [7, 11) is 1.98. The summed E-state index contributed by atoms with van der Waals surface area (Å²) in [6.45, 7) is 12.3. The molecule has 4 N–H and O–H groups in total. The van der Waals surface area contributed by atoms with E-state index in [1.807, 2.05) is 74.7 Å². The zero-order valence-electron chi connectivity index (χ0n) is 30.3. The van der Waals surface area contributed by atoms with Gasteiger partial charge in [-0.25, -0.2) is 9.78 Å². The molecule has 0 saturated carbocycles. The van der Waals surface area contributed by atoms with Crippen LogP contribution in [0.25, 0.3) is 42.8 Å². The molecule has 2 aliphatic rings. The number of benzene rings is 3. The number of halogens is 1. The lowest BCUT2D eigenvalue weighted by molar-refractivity contribution is -0.344. The molecule has 2 aromatic heterocycles. The molecule has 13 heteroatoms. The fourth-order valence-electron chi connectivity index (χ4n) is 7.71. The molecule has 3 aromatic carbocycles. The minimum absolute atomic E-state index is 0.290. The molecule has 0 aliphatic carbocycles. The molecule has 5 aromatic rings. The molecule has 2 saturated heterocycles. The van der Waals surface area contributed by atoms with Crippen LogP contribution in [0, 0.1) is 6.92 Å². The highest BCUT2D eigenvalue weighted by Crippen LogP contribution is 2.45. The first-order valence-corrected chi connectivity index (χ1v) is 18.9. The van der Waals surface area contributed by atoms with Crippen molar-refractivity contribution in [3.8, 4) is 21.7 Å². The summed E-state index contributed by atoms with van der Waals surface area (Å²) in [5, 5.41) is 46.7. The second kappa shape index (κ2) is 13.7. The quantitative estimate of drug-likeness (QED) is 0.127. The van der Waals surface area contributed by atoms with Crippen molar-refractivity contribution in [3.05, 3.63) is 70.4 Å². The lowest BCUT2D eigenvalue weighted by Crippen LogP contribution is -2.66. The van der Waals surface area contributed by atoms with Crippen molar-refractivity contribution in [2.45, 2.75) is 83.1 Å². The van der Waals surface area contributed by atoms with Gasteiger partial charge in [0.25, 0.3) is 5.97 Å². The maximum absolute atomic E-state index is 12.8. The van der Waals surface area contributed by atoms with Crippen molar-refractivity contribution in [3.63, 3.8) is 0 Å². The standard InChI is InChI=1S/C39H46ClN5O6S/c1-21-17-29-35(32(23-7-10-26(40)11-8-23)31(21)34(37(46)47)51-38(3,4)5)52-36(41-29)25-9-12-30-28(18-25)33(42-43(30)6)24-13-15-44(16-14-24)27-19-45(20-27)22(2)39(48,49)50/h7-12,17-18,22,24,27,34,48-50H,13-16,19-20H2,1-6H3,(H,46,47)/t22?,34-/m0/s1. The number of aromatic nitrogens is 3. The number of carboxylic acids is 1. The lowest BCUT2D eigenvalue weighted by Gasteiger charge is -2.50. The summed E-state index contributed by atoms with van der Waals surface area (Å²) >= 11 is 7.83. The molecular formula is C39H46ClN5O6S. The minimum atomic E-state index is -2.70.